The molecule has 4 N–H and O–H groups in total. The van der Waals surface area contributed by atoms with E-state index in [1.807, 2.05) is 72.5 Å². The summed E-state index contributed by atoms with van der Waals surface area (Å²) in [4.78, 5) is 29.8. The maximum atomic E-state index is 13.5. The zero-order valence-electron chi connectivity index (χ0n) is 17.7. The number of nitrogens with zero attached hydrogens (tertiary/aromatic N) is 2. The number of amides is 2. The molecule has 1 aromatic carbocycles. The maximum Gasteiger partial charge on any atom is 0.253 e. The molecular weight excluding hydrogens is 376 g/mol. The first kappa shape index (κ1) is 22.0. The minimum absolute atomic E-state index is 0.0247. The van der Waals surface area contributed by atoms with Crippen molar-refractivity contribution in [1.29, 1.82) is 0 Å². The molecule has 1 fully saturated rings. The molecule has 1 aromatic rings. The molecule has 3 rings (SSSR count). The van der Waals surface area contributed by atoms with E-state index in [1.165, 1.54) is 0 Å². The van der Waals surface area contributed by atoms with Gasteiger partial charge in [0.15, 0.2) is 0 Å². The molecule has 0 bridgehead atoms. The zero-order valence-corrected chi connectivity index (χ0v) is 17.7. The van der Waals surface area contributed by atoms with Gasteiger partial charge in [0.05, 0.1) is 6.67 Å². The second kappa shape index (κ2) is 9.87. The van der Waals surface area contributed by atoms with E-state index in [0.717, 1.165) is 12.0 Å². The smallest absolute Gasteiger partial charge is 0.253 e. The van der Waals surface area contributed by atoms with E-state index in [-0.39, 0.29) is 24.4 Å². The second-order valence-electron chi connectivity index (χ2n) is 7.83. The van der Waals surface area contributed by atoms with E-state index >= 15 is 0 Å². The Morgan fingerprint density at radius 2 is 1.87 bits per heavy atom. The lowest BCUT2D eigenvalue weighted by Crippen LogP contribution is -2.63. The Morgan fingerprint density at radius 3 is 2.50 bits per heavy atom. The van der Waals surface area contributed by atoms with Crippen molar-refractivity contribution in [2.75, 3.05) is 26.3 Å². The Kier molecular flexibility index (Phi) is 7.24. The molecule has 2 aliphatic rings. The van der Waals surface area contributed by atoms with Crippen LogP contribution in [0, 0.1) is 5.92 Å². The van der Waals surface area contributed by atoms with Crippen molar-refractivity contribution in [1.82, 2.24) is 9.80 Å². The van der Waals surface area contributed by atoms with Crippen LogP contribution in [0.15, 0.2) is 66.3 Å². The lowest BCUT2D eigenvalue weighted by Gasteiger charge is -2.44. The first-order valence-corrected chi connectivity index (χ1v) is 10.7. The van der Waals surface area contributed by atoms with Gasteiger partial charge in [-0.15, -0.1) is 0 Å². The predicted octanol–water partition coefficient (Wildman–Crippen LogP) is 2.44. The first-order chi connectivity index (χ1) is 14.5. The SMILES string of the molecule is CCN(CN)C(=O)C(N)(C1=CC=CCC=C1)C1CCN(C(=O)c2ccccc2)CC1. The van der Waals surface area contributed by atoms with E-state index in [4.69, 9.17) is 11.5 Å². The van der Waals surface area contributed by atoms with Crippen LogP contribution in [-0.4, -0.2) is 53.5 Å². The monoisotopic (exact) mass is 408 g/mol. The molecule has 0 radical (unpaired) electrons. The molecule has 0 saturated carbocycles. The average molecular weight is 409 g/mol. The number of hydrogen-bond donors (Lipinski definition) is 2. The van der Waals surface area contributed by atoms with Crippen molar-refractivity contribution >= 4 is 11.8 Å². The van der Waals surface area contributed by atoms with Gasteiger partial charge in [-0.1, -0.05) is 48.6 Å². The van der Waals surface area contributed by atoms with E-state index in [1.54, 1.807) is 4.90 Å². The standard InChI is InChI=1S/C24H32N4O2/c1-2-27(18-25)23(30)24(26,20-12-8-3-4-9-13-20)21-14-16-28(17-15-21)22(29)19-10-6-5-7-11-19/h3,5-13,21H,2,4,14-18,25-26H2,1H3. The highest BCUT2D eigenvalue weighted by molar-refractivity contribution is 5.94. The summed E-state index contributed by atoms with van der Waals surface area (Å²) in [6, 6.07) is 9.30. The van der Waals surface area contributed by atoms with Crippen LogP contribution >= 0.6 is 0 Å². The van der Waals surface area contributed by atoms with Gasteiger partial charge in [0.2, 0.25) is 5.91 Å². The molecule has 160 valence electrons. The van der Waals surface area contributed by atoms with Gasteiger partial charge >= 0.3 is 0 Å². The third-order valence-electron chi connectivity index (χ3n) is 6.15. The van der Waals surface area contributed by atoms with Crippen LogP contribution in [0.4, 0.5) is 0 Å². The normalized spacial score (nSPS) is 19.0. The number of nitrogens with two attached hydrogens (primary N) is 2. The fourth-order valence-corrected chi connectivity index (χ4v) is 4.31. The summed E-state index contributed by atoms with van der Waals surface area (Å²) >= 11 is 0. The number of allylic oxidation sites excluding steroid dienone is 4. The number of likely N-dealkylation sites (N-methyl/N-ethyl adjacent to an activating group) is 1. The fourth-order valence-electron chi connectivity index (χ4n) is 4.31. The second-order valence-corrected chi connectivity index (χ2v) is 7.83. The molecule has 1 saturated heterocycles. The number of rotatable bonds is 6. The Bertz CT molecular complexity index is 834. The van der Waals surface area contributed by atoms with Crippen LogP contribution in [0.25, 0.3) is 0 Å². The maximum absolute atomic E-state index is 13.5. The largest absolute Gasteiger partial charge is 0.339 e. The molecule has 6 nitrogen and oxygen atoms in total. The average Bonchev–Trinajstić information content (AvgIpc) is 3.09. The Labute approximate surface area is 178 Å². The number of benzene rings is 1. The van der Waals surface area contributed by atoms with E-state index in [9.17, 15) is 9.59 Å². The van der Waals surface area contributed by atoms with E-state index in [2.05, 4.69) is 0 Å². The van der Waals surface area contributed by atoms with Gasteiger partial charge in [-0.25, -0.2) is 0 Å². The highest BCUT2D eigenvalue weighted by Gasteiger charge is 2.47. The molecule has 1 aliphatic heterocycles. The van der Waals surface area contributed by atoms with Gasteiger partial charge < -0.3 is 21.3 Å². The highest BCUT2D eigenvalue weighted by Crippen LogP contribution is 2.35. The number of hydrogen-bond acceptors (Lipinski definition) is 4. The molecule has 0 spiro atoms. The molecule has 1 unspecified atom stereocenters. The molecule has 1 atom stereocenters. The summed E-state index contributed by atoms with van der Waals surface area (Å²) in [6.07, 6.45) is 12.1. The Hall–Kier alpha value is -2.70. The molecule has 6 heteroatoms. The van der Waals surface area contributed by atoms with Gasteiger partial charge in [-0.3, -0.25) is 9.59 Å². The van der Waals surface area contributed by atoms with Crippen LogP contribution in [0.3, 0.4) is 0 Å². The minimum Gasteiger partial charge on any atom is -0.339 e. The summed E-state index contributed by atoms with van der Waals surface area (Å²) in [5, 5.41) is 0. The van der Waals surface area contributed by atoms with Gasteiger partial charge in [-0.2, -0.15) is 0 Å². The fraction of sp³-hybridized carbons (Fsp3) is 0.417. The van der Waals surface area contributed by atoms with Crippen LogP contribution in [-0.2, 0) is 4.79 Å². The molecule has 1 aliphatic carbocycles. The van der Waals surface area contributed by atoms with Crippen LogP contribution in [0.5, 0.6) is 0 Å². The van der Waals surface area contributed by atoms with Crippen molar-refractivity contribution in [2.45, 2.75) is 31.7 Å². The van der Waals surface area contributed by atoms with Crippen molar-refractivity contribution in [3.8, 4) is 0 Å². The minimum atomic E-state index is -1.16. The molecule has 30 heavy (non-hydrogen) atoms. The quantitative estimate of drug-likeness (QED) is 0.707. The Balaban J connectivity index is 1.83. The molecule has 1 heterocycles. The van der Waals surface area contributed by atoms with Gasteiger partial charge in [0.1, 0.15) is 5.54 Å². The number of likely N-dealkylation sites (tertiary alicyclic amines) is 1. The van der Waals surface area contributed by atoms with Crippen molar-refractivity contribution < 1.29 is 9.59 Å². The van der Waals surface area contributed by atoms with Gasteiger partial charge in [0, 0.05) is 25.2 Å². The van der Waals surface area contributed by atoms with Crippen LogP contribution in [0.1, 0.15) is 36.5 Å². The third kappa shape index (κ3) is 4.40. The highest BCUT2D eigenvalue weighted by atomic mass is 16.2. The first-order valence-electron chi connectivity index (χ1n) is 10.7. The van der Waals surface area contributed by atoms with Crippen LogP contribution in [0.2, 0.25) is 0 Å². The topological polar surface area (TPSA) is 92.7 Å². The molecule has 0 aromatic heterocycles. The summed E-state index contributed by atoms with van der Waals surface area (Å²) < 4.78 is 0. The third-order valence-corrected chi connectivity index (χ3v) is 6.15. The summed E-state index contributed by atoms with van der Waals surface area (Å²) in [5.74, 6) is -0.198. The number of piperidine rings is 1. The van der Waals surface area contributed by atoms with Crippen LogP contribution < -0.4 is 11.5 Å². The van der Waals surface area contributed by atoms with Crippen molar-refractivity contribution in [3.63, 3.8) is 0 Å². The predicted molar refractivity (Wildman–Crippen MR) is 119 cm³/mol. The Morgan fingerprint density at radius 1 is 1.17 bits per heavy atom. The molecule has 2 amide bonds. The lowest BCUT2D eigenvalue weighted by molar-refractivity contribution is -0.137. The van der Waals surface area contributed by atoms with Crippen molar-refractivity contribution in [3.05, 3.63) is 71.8 Å². The summed E-state index contributed by atoms with van der Waals surface area (Å²) in [5.41, 5.74) is 13.1. The zero-order chi connectivity index (χ0) is 21.6. The van der Waals surface area contributed by atoms with Crippen molar-refractivity contribution in [2.24, 2.45) is 17.4 Å². The van der Waals surface area contributed by atoms with E-state index in [0.29, 0.717) is 38.0 Å². The number of carbonyl (C=O) groups is 2. The summed E-state index contributed by atoms with van der Waals surface area (Å²) in [7, 11) is 0. The molecular formula is C24H32N4O2. The lowest BCUT2D eigenvalue weighted by atomic mass is 9.72. The van der Waals surface area contributed by atoms with E-state index < -0.39 is 5.54 Å². The van der Waals surface area contributed by atoms with Gasteiger partial charge in [0.25, 0.3) is 5.91 Å². The van der Waals surface area contributed by atoms with Gasteiger partial charge in [-0.05, 0) is 49.8 Å². The number of carbonyl (C=O) groups excluding carboxylic acids is 2. The summed E-state index contributed by atoms with van der Waals surface area (Å²) in [6.45, 7) is 3.70.